The van der Waals surface area contributed by atoms with Crippen LogP contribution < -0.4 is 4.72 Å². The SMILES string of the molecule is O=C(O)C1CCN(S(=O)(=O)NC2CCS(=O)(=O)CC2)CC1. The molecule has 0 bridgehead atoms. The first-order valence-electron chi connectivity index (χ1n) is 6.90. The van der Waals surface area contributed by atoms with Crippen molar-refractivity contribution in [2.45, 2.75) is 31.7 Å². The summed E-state index contributed by atoms with van der Waals surface area (Å²) in [5, 5.41) is 8.90. The van der Waals surface area contributed by atoms with Crippen LogP contribution in [0.1, 0.15) is 25.7 Å². The van der Waals surface area contributed by atoms with Crippen LogP contribution in [0, 0.1) is 5.92 Å². The highest BCUT2D eigenvalue weighted by Gasteiger charge is 2.33. The van der Waals surface area contributed by atoms with E-state index in [0.29, 0.717) is 12.8 Å². The number of carboxylic acids is 1. The van der Waals surface area contributed by atoms with Gasteiger partial charge in [-0.15, -0.1) is 0 Å². The van der Waals surface area contributed by atoms with E-state index in [1.54, 1.807) is 0 Å². The Morgan fingerprint density at radius 3 is 2.10 bits per heavy atom. The number of piperidine rings is 1. The normalized spacial score (nSPS) is 25.7. The van der Waals surface area contributed by atoms with Gasteiger partial charge < -0.3 is 5.11 Å². The van der Waals surface area contributed by atoms with Crippen molar-refractivity contribution in [1.82, 2.24) is 9.03 Å². The summed E-state index contributed by atoms with van der Waals surface area (Å²) >= 11 is 0. The highest BCUT2D eigenvalue weighted by atomic mass is 32.2. The standard InChI is InChI=1S/C11H20N2O6S2/c14-11(15)9-1-5-13(6-2-9)21(18,19)12-10-3-7-20(16,17)8-4-10/h9-10,12H,1-8H2,(H,14,15). The zero-order valence-electron chi connectivity index (χ0n) is 11.6. The van der Waals surface area contributed by atoms with Gasteiger partial charge in [-0.25, -0.2) is 8.42 Å². The van der Waals surface area contributed by atoms with Crippen molar-refractivity contribution < 1.29 is 26.7 Å². The number of sulfone groups is 1. The van der Waals surface area contributed by atoms with E-state index in [1.165, 1.54) is 4.31 Å². The zero-order valence-corrected chi connectivity index (χ0v) is 13.2. The van der Waals surface area contributed by atoms with Crippen molar-refractivity contribution in [1.29, 1.82) is 0 Å². The summed E-state index contributed by atoms with van der Waals surface area (Å²) in [6.45, 7) is 0.356. The number of aliphatic carboxylic acids is 1. The molecule has 0 aromatic rings. The Kier molecular flexibility index (Phi) is 4.91. The monoisotopic (exact) mass is 340 g/mol. The molecule has 0 saturated carbocycles. The van der Waals surface area contributed by atoms with Crippen LogP contribution in [0.3, 0.4) is 0 Å². The number of hydrogen-bond donors (Lipinski definition) is 2. The van der Waals surface area contributed by atoms with Gasteiger partial charge in [0.15, 0.2) is 0 Å². The minimum absolute atomic E-state index is 0.00126. The van der Waals surface area contributed by atoms with Crippen LogP contribution in [-0.2, 0) is 24.8 Å². The van der Waals surface area contributed by atoms with Gasteiger partial charge in [-0.1, -0.05) is 0 Å². The van der Waals surface area contributed by atoms with Crippen molar-refractivity contribution in [3.05, 3.63) is 0 Å². The molecule has 2 saturated heterocycles. The maximum absolute atomic E-state index is 12.2. The molecule has 0 aromatic heterocycles. The molecule has 2 aliphatic rings. The molecule has 0 atom stereocenters. The number of hydrogen-bond acceptors (Lipinski definition) is 5. The molecule has 122 valence electrons. The fourth-order valence-corrected chi connectivity index (χ4v) is 5.63. The van der Waals surface area contributed by atoms with Crippen molar-refractivity contribution in [2.24, 2.45) is 5.92 Å². The second-order valence-corrected chi connectivity index (χ2v) is 9.57. The summed E-state index contributed by atoms with van der Waals surface area (Å²) in [6.07, 6.45) is 1.17. The molecule has 2 heterocycles. The van der Waals surface area contributed by atoms with Crippen molar-refractivity contribution >= 4 is 26.0 Å². The summed E-state index contributed by atoms with van der Waals surface area (Å²) in [6, 6.07) is -0.365. The Bertz CT molecular complexity index is 578. The topological polar surface area (TPSA) is 121 Å². The van der Waals surface area contributed by atoms with Gasteiger partial charge in [-0.2, -0.15) is 17.4 Å². The third-order valence-electron chi connectivity index (χ3n) is 4.01. The first-order valence-corrected chi connectivity index (χ1v) is 10.2. The molecule has 0 aromatic carbocycles. The van der Waals surface area contributed by atoms with E-state index < -0.39 is 31.9 Å². The number of carbonyl (C=O) groups is 1. The molecule has 10 heteroatoms. The van der Waals surface area contributed by atoms with Gasteiger partial charge >= 0.3 is 5.97 Å². The van der Waals surface area contributed by atoms with Gasteiger partial charge in [-0.3, -0.25) is 4.79 Å². The molecule has 2 fully saturated rings. The molecule has 8 nitrogen and oxygen atoms in total. The average molecular weight is 340 g/mol. The summed E-state index contributed by atoms with van der Waals surface area (Å²) in [4.78, 5) is 10.8. The molecule has 2 N–H and O–H groups in total. The fourth-order valence-electron chi connectivity index (χ4n) is 2.64. The van der Waals surface area contributed by atoms with E-state index in [2.05, 4.69) is 4.72 Å². The van der Waals surface area contributed by atoms with E-state index >= 15 is 0 Å². The highest BCUT2D eigenvalue weighted by molar-refractivity contribution is 7.91. The highest BCUT2D eigenvalue weighted by Crippen LogP contribution is 2.20. The average Bonchev–Trinajstić information content (AvgIpc) is 2.41. The van der Waals surface area contributed by atoms with Gasteiger partial charge in [0.2, 0.25) is 0 Å². The Hall–Kier alpha value is -0.710. The molecule has 0 radical (unpaired) electrons. The fraction of sp³-hybridized carbons (Fsp3) is 0.909. The first-order chi connectivity index (χ1) is 9.70. The molecule has 0 aliphatic carbocycles. The van der Waals surface area contributed by atoms with Crippen molar-refractivity contribution in [3.8, 4) is 0 Å². The van der Waals surface area contributed by atoms with Crippen LogP contribution >= 0.6 is 0 Å². The molecular formula is C11H20N2O6S2. The number of nitrogens with one attached hydrogen (secondary N) is 1. The van der Waals surface area contributed by atoms with Gasteiger partial charge in [0.05, 0.1) is 17.4 Å². The second-order valence-electron chi connectivity index (χ2n) is 5.56. The van der Waals surface area contributed by atoms with Gasteiger partial charge in [0.25, 0.3) is 10.2 Å². The van der Waals surface area contributed by atoms with Crippen molar-refractivity contribution in [3.63, 3.8) is 0 Å². The van der Waals surface area contributed by atoms with Crippen LogP contribution in [0.4, 0.5) is 0 Å². The van der Waals surface area contributed by atoms with Crippen LogP contribution in [0.15, 0.2) is 0 Å². The summed E-state index contributed by atoms with van der Waals surface area (Å²) in [7, 11) is -6.70. The predicted molar refractivity (Wildman–Crippen MR) is 75.7 cm³/mol. The lowest BCUT2D eigenvalue weighted by atomic mass is 9.99. The van der Waals surface area contributed by atoms with E-state index in [-0.39, 0.29) is 43.5 Å². The van der Waals surface area contributed by atoms with E-state index in [4.69, 9.17) is 5.11 Å². The molecular weight excluding hydrogens is 320 g/mol. The zero-order chi connectivity index (χ0) is 15.7. The lowest BCUT2D eigenvalue weighted by Gasteiger charge is -2.31. The Balaban J connectivity index is 1.90. The number of nitrogens with zero attached hydrogens (tertiary/aromatic N) is 1. The Morgan fingerprint density at radius 2 is 1.62 bits per heavy atom. The largest absolute Gasteiger partial charge is 0.481 e. The summed E-state index contributed by atoms with van der Waals surface area (Å²) < 4.78 is 50.8. The minimum Gasteiger partial charge on any atom is -0.481 e. The maximum Gasteiger partial charge on any atom is 0.306 e. The third kappa shape index (κ3) is 4.38. The lowest BCUT2D eigenvalue weighted by Crippen LogP contribution is -2.50. The Morgan fingerprint density at radius 1 is 1.10 bits per heavy atom. The molecule has 0 spiro atoms. The van der Waals surface area contributed by atoms with Crippen LogP contribution in [0.2, 0.25) is 0 Å². The van der Waals surface area contributed by atoms with Gasteiger partial charge in [-0.05, 0) is 25.7 Å². The minimum atomic E-state index is -3.67. The summed E-state index contributed by atoms with van der Waals surface area (Å²) in [5.41, 5.74) is 0. The van der Waals surface area contributed by atoms with E-state index in [1.807, 2.05) is 0 Å². The number of carboxylic acid groups (broad SMARTS) is 1. The van der Waals surface area contributed by atoms with E-state index in [0.717, 1.165) is 0 Å². The molecule has 2 rings (SSSR count). The van der Waals surface area contributed by atoms with Crippen LogP contribution in [0.25, 0.3) is 0 Å². The first kappa shape index (κ1) is 16.7. The smallest absolute Gasteiger partial charge is 0.306 e. The van der Waals surface area contributed by atoms with Gasteiger partial charge in [0, 0.05) is 19.1 Å². The second kappa shape index (κ2) is 6.19. The Labute approximate surface area is 124 Å². The predicted octanol–water partition coefficient (Wildman–Crippen LogP) is -0.805. The summed E-state index contributed by atoms with van der Waals surface area (Å²) in [5.74, 6) is -1.38. The molecule has 21 heavy (non-hydrogen) atoms. The molecule has 0 unspecified atom stereocenters. The molecule has 2 aliphatic heterocycles. The number of rotatable bonds is 4. The molecule has 0 amide bonds. The van der Waals surface area contributed by atoms with Crippen LogP contribution in [-0.4, -0.2) is 62.9 Å². The van der Waals surface area contributed by atoms with Gasteiger partial charge in [0.1, 0.15) is 9.84 Å². The van der Waals surface area contributed by atoms with Crippen LogP contribution in [0.5, 0.6) is 0 Å². The quantitative estimate of drug-likeness (QED) is 0.691. The lowest BCUT2D eigenvalue weighted by molar-refractivity contribution is -0.142. The van der Waals surface area contributed by atoms with E-state index in [9.17, 15) is 21.6 Å². The van der Waals surface area contributed by atoms with Crippen molar-refractivity contribution in [2.75, 3.05) is 24.6 Å². The third-order valence-corrected chi connectivity index (χ3v) is 7.40. The maximum atomic E-state index is 12.2.